The average molecular weight is 398 g/mol. The van der Waals surface area contributed by atoms with Crippen LogP contribution in [0.15, 0.2) is 47.5 Å². The van der Waals surface area contributed by atoms with E-state index in [1.54, 1.807) is 0 Å². The highest BCUT2D eigenvalue weighted by atomic mass is 16.5. The van der Waals surface area contributed by atoms with Gasteiger partial charge < -0.3 is 4.74 Å². The highest BCUT2D eigenvalue weighted by molar-refractivity contribution is 5.72. The van der Waals surface area contributed by atoms with Crippen molar-refractivity contribution in [2.24, 2.45) is 5.92 Å². The Hall–Kier alpha value is -2.34. The molecule has 1 aliphatic heterocycles. The Kier molecular flexibility index (Phi) is 6.19. The molecule has 156 valence electrons. The summed E-state index contributed by atoms with van der Waals surface area (Å²) in [6, 6.07) is 11.0. The van der Waals surface area contributed by atoms with E-state index in [0.29, 0.717) is 0 Å². The summed E-state index contributed by atoms with van der Waals surface area (Å²) in [7, 11) is 1.45. The van der Waals surface area contributed by atoms with Crippen LogP contribution in [0.5, 0.6) is 0 Å². The number of benzene rings is 1. The molecule has 6 heteroatoms. The van der Waals surface area contributed by atoms with Gasteiger partial charge in [0, 0.05) is 44.1 Å². The van der Waals surface area contributed by atoms with Crippen molar-refractivity contribution in [1.82, 2.24) is 14.0 Å². The number of imidazole rings is 1. The lowest BCUT2D eigenvalue weighted by atomic mass is 9.86. The van der Waals surface area contributed by atoms with E-state index in [4.69, 9.17) is 4.74 Å². The molecule has 0 radical (unpaired) electrons. The minimum absolute atomic E-state index is 0.0111. The number of hydrogen-bond acceptors (Lipinski definition) is 4. The van der Waals surface area contributed by atoms with Crippen LogP contribution in [0.4, 0.5) is 0 Å². The summed E-state index contributed by atoms with van der Waals surface area (Å²) in [4.78, 5) is 27.2. The maximum absolute atomic E-state index is 13.0. The monoisotopic (exact) mass is 397 g/mol. The highest BCUT2D eigenvalue weighted by Crippen LogP contribution is 2.32. The van der Waals surface area contributed by atoms with Gasteiger partial charge in [-0.2, -0.15) is 0 Å². The molecule has 1 saturated heterocycles. The zero-order valence-electron chi connectivity index (χ0n) is 17.2. The van der Waals surface area contributed by atoms with Gasteiger partial charge in [-0.05, 0) is 44.1 Å². The van der Waals surface area contributed by atoms with Crippen molar-refractivity contribution < 1.29 is 9.53 Å². The summed E-state index contributed by atoms with van der Waals surface area (Å²) in [5.74, 6) is -0.126. The summed E-state index contributed by atoms with van der Waals surface area (Å²) in [5.41, 5.74) is 1.45. The molecule has 4 rings (SSSR count). The van der Waals surface area contributed by atoms with Crippen LogP contribution < -0.4 is 5.69 Å². The molecule has 2 heterocycles. The molecule has 0 spiro atoms. The summed E-state index contributed by atoms with van der Waals surface area (Å²) in [5, 5.41) is 0. The summed E-state index contributed by atoms with van der Waals surface area (Å²) in [6.07, 6.45) is 9.24. The van der Waals surface area contributed by atoms with Gasteiger partial charge >= 0.3 is 11.7 Å². The van der Waals surface area contributed by atoms with Gasteiger partial charge in [0.05, 0.1) is 13.0 Å². The van der Waals surface area contributed by atoms with Gasteiger partial charge in [0.25, 0.3) is 0 Å². The quantitative estimate of drug-likeness (QED) is 0.726. The van der Waals surface area contributed by atoms with Gasteiger partial charge in [-0.15, -0.1) is 0 Å². The molecule has 1 aromatic carbocycles. The van der Waals surface area contributed by atoms with Crippen LogP contribution in [0, 0.1) is 5.92 Å². The largest absolute Gasteiger partial charge is 0.469 e. The van der Waals surface area contributed by atoms with Crippen LogP contribution in [-0.4, -0.2) is 40.2 Å². The Balaban J connectivity index is 1.34. The molecule has 1 aliphatic carbocycles. The van der Waals surface area contributed by atoms with Crippen molar-refractivity contribution in [3.8, 4) is 0 Å². The first-order chi connectivity index (χ1) is 14.2. The first-order valence-electron chi connectivity index (χ1n) is 10.8. The molecule has 0 N–H and O–H groups in total. The van der Waals surface area contributed by atoms with Gasteiger partial charge in [0.2, 0.25) is 0 Å². The zero-order valence-corrected chi connectivity index (χ0v) is 17.2. The number of ether oxygens (including phenoxy) is 1. The molecule has 0 amide bonds. The molecule has 0 atom stereocenters. The van der Waals surface area contributed by atoms with Gasteiger partial charge in [-0.1, -0.05) is 30.3 Å². The number of nitrogens with zero attached hydrogens (tertiary/aromatic N) is 3. The molecular weight excluding hydrogens is 366 g/mol. The van der Waals surface area contributed by atoms with Crippen molar-refractivity contribution in [2.75, 3.05) is 20.2 Å². The number of carbonyl (C=O) groups is 1. The minimum Gasteiger partial charge on any atom is -0.469 e. The van der Waals surface area contributed by atoms with Crippen LogP contribution >= 0.6 is 0 Å². The number of piperidine rings is 1. The van der Waals surface area contributed by atoms with E-state index in [0.717, 1.165) is 58.2 Å². The maximum Gasteiger partial charge on any atom is 0.328 e. The Morgan fingerprint density at radius 1 is 0.931 bits per heavy atom. The summed E-state index contributed by atoms with van der Waals surface area (Å²) in [6.45, 7) is 3.01. The lowest BCUT2D eigenvalue weighted by molar-refractivity contribution is -0.146. The highest BCUT2D eigenvalue weighted by Gasteiger charge is 2.29. The van der Waals surface area contributed by atoms with Crippen LogP contribution in [0.3, 0.4) is 0 Å². The van der Waals surface area contributed by atoms with Crippen LogP contribution in [0.1, 0.15) is 56.2 Å². The van der Waals surface area contributed by atoms with Crippen molar-refractivity contribution >= 4 is 5.97 Å². The number of methoxy groups -OCH3 is 1. The van der Waals surface area contributed by atoms with E-state index >= 15 is 0 Å². The fourth-order valence-corrected chi connectivity index (χ4v) is 4.91. The summed E-state index contributed by atoms with van der Waals surface area (Å²) < 4.78 is 8.70. The predicted molar refractivity (Wildman–Crippen MR) is 112 cm³/mol. The van der Waals surface area contributed by atoms with Gasteiger partial charge in [0.15, 0.2) is 0 Å². The van der Waals surface area contributed by atoms with E-state index in [2.05, 4.69) is 35.2 Å². The molecular formula is C23H31N3O3. The third-order valence-corrected chi connectivity index (χ3v) is 6.65. The van der Waals surface area contributed by atoms with Crippen molar-refractivity contribution in [2.45, 2.75) is 57.2 Å². The molecule has 0 unspecified atom stereocenters. The molecule has 6 nitrogen and oxygen atoms in total. The smallest absolute Gasteiger partial charge is 0.328 e. The van der Waals surface area contributed by atoms with Crippen molar-refractivity contribution in [3.05, 3.63) is 58.8 Å². The van der Waals surface area contributed by atoms with Gasteiger partial charge in [-0.3, -0.25) is 18.8 Å². The molecule has 2 aromatic rings. The zero-order chi connectivity index (χ0) is 20.2. The van der Waals surface area contributed by atoms with E-state index in [-0.39, 0.29) is 29.7 Å². The Labute approximate surface area is 172 Å². The van der Waals surface area contributed by atoms with E-state index < -0.39 is 0 Å². The number of esters is 1. The second-order valence-electron chi connectivity index (χ2n) is 8.42. The topological polar surface area (TPSA) is 56.5 Å². The molecule has 29 heavy (non-hydrogen) atoms. The average Bonchev–Trinajstić information content (AvgIpc) is 3.16. The lowest BCUT2D eigenvalue weighted by Gasteiger charge is -2.32. The van der Waals surface area contributed by atoms with Crippen LogP contribution in [0.2, 0.25) is 0 Å². The number of likely N-dealkylation sites (tertiary alicyclic amines) is 1. The second kappa shape index (κ2) is 8.99. The summed E-state index contributed by atoms with van der Waals surface area (Å²) >= 11 is 0. The normalized spacial score (nSPS) is 23.8. The van der Waals surface area contributed by atoms with E-state index in [1.807, 2.05) is 21.5 Å². The minimum atomic E-state index is -0.115. The van der Waals surface area contributed by atoms with Crippen LogP contribution in [0.25, 0.3) is 0 Å². The standard InChI is InChI=1S/C23H31N3O3/c1-29-22(27)19-7-9-20(10-8-19)25-15-16-26(23(25)28)21-11-13-24(14-12-21)17-18-5-3-2-4-6-18/h2-6,15-16,19-21H,7-14,17H2,1H3. The SMILES string of the molecule is COC(=O)C1CCC(n2ccn(C3CCN(Cc4ccccc4)CC3)c2=O)CC1. The Bertz CT molecular complexity index is 857. The number of aromatic nitrogens is 2. The third-order valence-electron chi connectivity index (χ3n) is 6.65. The van der Waals surface area contributed by atoms with Gasteiger partial charge in [0.1, 0.15) is 0 Å². The first-order valence-corrected chi connectivity index (χ1v) is 10.8. The molecule has 2 fully saturated rings. The fourth-order valence-electron chi connectivity index (χ4n) is 4.91. The van der Waals surface area contributed by atoms with Gasteiger partial charge in [-0.25, -0.2) is 4.79 Å². The lowest BCUT2D eigenvalue weighted by Crippen LogP contribution is -2.38. The third kappa shape index (κ3) is 4.47. The van der Waals surface area contributed by atoms with Crippen molar-refractivity contribution in [1.29, 1.82) is 0 Å². The molecule has 0 bridgehead atoms. The predicted octanol–water partition coefficient (Wildman–Crippen LogP) is 3.39. The van der Waals surface area contributed by atoms with E-state index in [1.165, 1.54) is 12.7 Å². The van der Waals surface area contributed by atoms with E-state index in [9.17, 15) is 9.59 Å². The number of hydrogen-bond donors (Lipinski definition) is 0. The number of carbonyl (C=O) groups excluding carboxylic acids is 1. The molecule has 1 saturated carbocycles. The van der Waals surface area contributed by atoms with Crippen LogP contribution in [-0.2, 0) is 16.1 Å². The molecule has 1 aromatic heterocycles. The van der Waals surface area contributed by atoms with Crippen molar-refractivity contribution in [3.63, 3.8) is 0 Å². The molecule has 2 aliphatic rings. The maximum atomic E-state index is 13.0. The Morgan fingerprint density at radius 3 is 2.10 bits per heavy atom. The Morgan fingerprint density at radius 2 is 1.52 bits per heavy atom. The number of rotatable bonds is 5. The second-order valence-corrected chi connectivity index (χ2v) is 8.42. The fraction of sp³-hybridized carbons (Fsp3) is 0.565. The first kappa shape index (κ1) is 20.0.